The number of anilines is 2. The van der Waals surface area contributed by atoms with Crippen LogP contribution in [-0.2, 0) is 19.5 Å². The Bertz CT molecular complexity index is 1800. The normalized spacial score (nSPS) is 12.6. The van der Waals surface area contributed by atoms with E-state index in [-0.39, 0.29) is 17.2 Å². The number of nitrogens with one attached hydrogen (secondary N) is 1. The summed E-state index contributed by atoms with van der Waals surface area (Å²) >= 11 is 0. The van der Waals surface area contributed by atoms with E-state index in [2.05, 4.69) is 38.9 Å². The van der Waals surface area contributed by atoms with Crippen LogP contribution in [0, 0.1) is 11.3 Å². The van der Waals surface area contributed by atoms with Crippen LogP contribution in [-0.4, -0.2) is 43.1 Å². The molecule has 0 atom stereocenters. The topological polar surface area (TPSA) is 122 Å². The Balaban J connectivity index is 1.17. The average molecular weight is 543 g/mol. The van der Waals surface area contributed by atoms with Crippen molar-refractivity contribution in [3.8, 4) is 17.3 Å². The zero-order chi connectivity index (χ0) is 28.3. The van der Waals surface area contributed by atoms with Crippen molar-refractivity contribution in [1.29, 1.82) is 5.26 Å². The fourth-order valence-corrected chi connectivity index (χ4v) is 4.94. The van der Waals surface area contributed by atoms with Gasteiger partial charge in [-0.1, -0.05) is 41.6 Å². The molecule has 41 heavy (non-hydrogen) atoms. The van der Waals surface area contributed by atoms with Crippen LogP contribution >= 0.6 is 0 Å². The molecule has 202 valence electrons. The van der Waals surface area contributed by atoms with E-state index in [1.165, 1.54) is 6.20 Å². The Kier molecular flexibility index (Phi) is 6.83. The number of aromatic nitrogens is 5. The van der Waals surface area contributed by atoms with E-state index in [1.807, 2.05) is 49.5 Å². The Hall–Kier alpha value is -5.56. The van der Waals surface area contributed by atoms with E-state index in [9.17, 15) is 9.59 Å². The van der Waals surface area contributed by atoms with Crippen LogP contribution < -0.4 is 10.2 Å². The van der Waals surface area contributed by atoms with Gasteiger partial charge < -0.3 is 10.2 Å². The molecule has 0 radical (unpaired) electrons. The first kappa shape index (κ1) is 25.7. The van der Waals surface area contributed by atoms with Crippen molar-refractivity contribution < 1.29 is 9.59 Å². The van der Waals surface area contributed by atoms with E-state index < -0.39 is 5.91 Å². The van der Waals surface area contributed by atoms with E-state index in [1.54, 1.807) is 38.5 Å². The summed E-state index contributed by atoms with van der Waals surface area (Å²) < 4.78 is 3.37. The van der Waals surface area contributed by atoms with Gasteiger partial charge in [-0.2, -0.15) is 10.4 Å². The van der Waals surface area contributed by atoms with Crippen LogP contribution in [0.5, 0.6) is 0 Å². The third-order valence-electron chi connectivity index (χ3n) is 7.06. The van der Waals surface area contributed by atoms with Crippen molar-refractivity contribution in [2.24, 2.45) is 0 Å². The van der Waals surface area contributed by atoms with Crippen molar-refractivity contribution >= 4 is 23.2 Å². The first-order chi connectivity index (χ1) is 20.0. The molecule has 1 N–H and O–H groups in total. The quantitative estimate of drug-likeness (QED) is 0.322. The largest absolute Gasteiger partial charge is 0.322 e. The molecule has 0 aliphatic carbocycles. The summed E-state index contributed by atoms with van der Waals surface area (Å²) in [6.07, 6.45) is 4.09. The minimum absolute atomic E-state index is 0.192. The molecule has 3 aromatic carbocycles. The summed E-state index contributed by atoms with van der Waals surface area (Å²) in [6.45, 7) is 3.71. The lowest BCUT2D eigenvalue weighted by Gasteiger charge is -2.28. The standard InChI is InChI=1S/C31H26N8O2/c1-2-37-20-28(35-36-37)24-7-3-5-22(16-24)15-21-9-11-26(12-10-21)38-13-14-39-29(31(38)41)27(19-33-39)30(40)34-25-8-4-6-23(17-25)18-32/h3-12,16-17,19-20H,2,13-15H2,1H3,(H,34,40). The molecule has 0 bridgehead atoms. The van der Waals surface area contributed by atoms with Gasteiger partial charge in [-0.15, -0.1) is 5.10 Å². The van der Waals surface area contributed by atoms with Crippen LogP contribution in [0.15, 0.2) is 85.2 Å². The van der Waals surface area contributed by atoms with Gasteiger partial charge in [-0.05, 0) is 60.9 Å². The molecule has 0 saturated carbocycles. The number of benzene rings is 3. The predicted octanol–water partition coefficient (Wildman–Crippen LogP) is 4.54. The maximum Gasteiger partial charge on any atom is 0.277 e. The lowest BCUT2D eigenvalue weighted by molar-refractivity contribution is 0.0947. The van der Waals surface area contributed by atoms with Crippen molar-refractivity contribution in [3.63, 3.8) is 0 Å². The van der Waals surface area contributed by atoms with E-state index in [0.717, 1.165) is 41.0 Å². The van der Waals surface area contributed by atoms with Gasteiger partial charge in [-0.3, -0.25) is 19.0 Å². The fraction of sp³-hybridized carbons (Fsp3) is 0.161. The summed E-state index contributed by atoms with van der Waals surface area (Å²) in [5.41, 5.74) is 6.21. The number of hydrogen-bond acceptors (Lipinski definition) is 6. The zero-order valence-electron chi connectivity index (χ0n) is 22.4. The number of hydrogen-bond donors (Lipinski definition) is 1. The van der Waals surface area contributed by atoms with Gasteiger partial charge in [0, 0.05) is 30.0 Å². The highest BCUT2D eigenvalue weighted by Crippen LogP contribution is 2.26. The molecule has 3 heterocycles. The highest BCUT2D eigenvalue weighted by atomic mass is 16.2. The Morgan fingerprint density at radius 3 is 2.63 bits per heavy atom. The molecule has 10 nitrogen and oxygen atoms in total. The van der Waals surface area contributed by atoms with Gasteiger partial charge in [0.2, 0.25) is 0 Å². The van der Waals surface area contributed by atoms with Crippen molar-refractivity contribution in [3.05, 3.63) is 113 Å². The zero-order valence-corrected chi connectivity index (χ0v) is 22.4. The van der Waals surface area contributed by atoms with Gasteiger partial charge in [0.15, 0.2) is 0 Å². The van der Waals surface area contributed by atoms with Crippen LogP contribution in [0.1, 0.15) is 44.5 Å². The van der Waals surface area contributed by atoms with Gasteiger partial charge >= 0.3 is 0 Å². The molecule has 5 aromatic rings. The van der Waals surface area contributed by atoms with Crippen LogP contribution in [0.25, 0.3) is 11.3 Å². The molecule has 0 unspecified atom stereocenters. The number of carbonyl (C=O) groups excluding carboxylic acids is 2. The third-order valence-corrected chi connectivity index (χ3v) is 7.06. The summed E-state index contributed by atoms with van der Waals surface area (Å²) in [5, 5.41) is 24.6. The second-order valence-corrected chi connectivity index (χ2v) is 9.74. The summed E-state index contributed by atoms with van der Waals surface area (Å²) in [4.78, 5) is 28.3. The number of rotatable bonds is 7. The second-order valence-electron chi connectivity index (χ2n) is 9.74. The van der Waals surface area contributed by atoms with Gasteiger partial charge in [0.25, 0.3) is 11.8 Å². The monoisotopic (exact) mass is 542 g/mol. The molecule has 1 aliphatic rings. The molecule has 1 aliphatic heterocycles. The predicted molar refractivity (Wildman–Crippen MR) is 153 cm³/mol. The molecule has 2 amide bonds. The molecule has 0 fully saturated rings. The number of carbonyl (C=O) groups is 2. The minimum Gasteiger partial charge on any atom is -0.322 e. The Morgan fingerprint density at radius 2 is 1.85 bits per heavy atom. The van der Waals surface area contributed by atoms with E-state index in [0.29, 0.717) is 24.3 Å². The summed E-state index contributed by atoms with van der Waals surface area (Å²) in [5.74, 6) is -0.739. The van der Waals surface area contributed by atoms with Crippen LogP contribution in [0.3, 0.4) is 0 Å². The van der Waals surface area contributed by atoms with Crippen molar-refractivity contribution in [2.75, 3.05) is 16.8 Å². The molecule has 10 heteroatoms. The molecule has 6 rings (SSSR count). The number of fused-ring (bicyclic) bond motifs is 1. The van der Waals surface area contributed by atoms with Crippen LogP contribution in [0.2, 0.25) is 0 Å². The third kappa shape index (κ3) is 5.21. The lowest BCUT2D eigenvalue weighted by atomic mass is 10.0. The maximum atomic E-state index is 13.6. The van der Waals surface area contributed by atoms with Gasteiger partial charge in [-0.25, -0.2) is 0 Å². The van der Waals surface area contributed by atoms with Gasteiger partial charge in [0.05, 0.1) is 36.1 Å². The SMILES string of the molecule is CCn1cc(-c2cccc(Cc3ccc(N4CCn5ncc(C(=O)Nc6cccc(C#N)c6)c5C4=O)cc3)c2)nn1. The molecular weight excluding hydrogens is 516 g/mol. The van der Waals surface area contributed by atoms with Crippen molar-refractivity contribution in [1.82, 2.24) is 24.8 Å². The number of nitrogens with zero attached hydrogens (tertiary/aromatic N) is 7. The Morgan fingerprint density at radius 1 is 1.02 bits per heavy atom. The van der Waals surface area contributed by atoms with E-state index in [4.69, 9.17) is 5.26 Å². The number of nitriles is 1. The molecular formula is C31H26N8O2. The molecule has 2 aromatic heterocycles. The highest BCUT2D eigenvalue weighted by molar-refractivity contribution is 6.15. The second kappa shape index (κ2) is 10.9. The van der Waals surface area contributed by atoms with E-state index >= 15 is 0 Å². The summed E-state index contributed by atoms with van der Waals surface area (Å²) in [7, 11) is 0. The fourth-order valence-electron chi connectivity index (χ4n) is 4.94. The minimum atomic E-state index is -0.452. The average Bonchev–Trinajstić information content (AvgIpc) is 3.66. The lowest BCUT2D eigenvalue weighted by Crippen LogP contribution is -2.41. The Labute approximate surface area is 236 Å². The molecule has 0 spiro atoms. The first-order valence-electron chi connectivity index (χ1n) is 13.3. The highest BCUT2D eigenvalue weighted by Gasteiger charge is 2.32. The van der Waals surface area contributed by atoms with Crippen molar-refractivity contribution in [2.45, 2.75) is 26.4 Å². The van der Waals surface area contributed by atoms with Gasteiger partial charge in [0.1, 0.15) is 11.4 Å². The number of amides is 2. The molecule has 0 saturated heterocycles. The number of aryl methyl sites for hydroxylation is 1. The van der Waals surface area contributed by atoms with Crippen LogP contribution in [0.4, 0.5) is 11.4 Å². The first-order valence-corrected chi connectivity index (χ1v) is 13.3. The smallest absolute Gasteiger partial charge is 0.277 e. The summed E-state index contributed by atoms with van der Waals surface area (Å²) in [6, 6.07) is 24.8. The maximum absolute atomic E-state index is 13.6.